The SMILES string of the molecule is C=C(NCCC)NC1CCCCCC1. The van der Waals surface area contributed by atoms with Crippen molar-refractivity contribution in [2.75, 3.05) is 6.54 Å². The van der Waals surface area contributed by atoms with Gasteiger partial charge in [-0.1, -0.05) is 39.2 Å². The molecule has 0 unspecified atom stereocenters. The number of hydrogen-bond donors (Lipinski definition) is 2. The maximum atomic E-state index is 3.99. The van der Waals surface area contributed by atoms with Gasteiger partial charge in [0.15, 0.2) is 0 Å². The van der Waals surface area contributed by atoms with Crippen molar-refractivity contribution in [2.45, 2.75) is 57.9 Å². The third kappa shape index (κ3) is 4.54. The molecule has 1 aliphatic rings. The average Bonchev–Trinajstić information content (AvgIpc) is 2.43. The predicted octanol–water partition coefficient (Wildman–Crippen LogP) is 2.77. The molecule has 0 aliphatic heterocycles. The van der Waals surface area contributed by atoms with E-state index in [1.54, 1.807) is 0 Å². The molecule has 82 valence electrons. The zero-order chi connectivity index (χ0) is 10.2. The van der Waals surface area contributed by atoms with Gasteiger partial charge in [0.25, 0.3) is 0 Å². The van der Waals surface area contributed by atoms with Gasteiger partial charge >= 0.3 is 0 Å². The van der Waals surface area contributed by atoms with Crippen LogP contribution in [-0.4, -0.2) is 12.6 Å². The van der Waals surface area contributed by atoms with Gasteiger partial charge in [-0.3, -0.25) is 0 Å². The van der Waals surface area contributed by atoms with Crippen molar-refractivity contribution < 1.29 is 0 Å². The fraction of sp³-hybridized carbons (Fsp3) is 0.833. The van der Waals surface area contributed by atoms with Crippen LogP contribution in [0.1, 0.15) is 51.9 Å². The van der Waals surface area contributed by atoms with Gasteiger partial charge in [0.1, 0.15) is 0 Å². The Balaban J connectivity index is 2.17. The van der Waals surface area contributed by atoms with Crippen molar-refractivity contribution in [3.05, 3.63) is 12.4 Å². The second-order valence-corrected chi connectivity index (χ2v) is 4.24. The Labute approximate surface area is 88.2 Å². The minimum atomic E-state index is 0.661. The topological polar surface area (TPSA) is 24.1 Å². The fourth-order valence-electron chi connectivity index (χ4n) is 2.00. The molecule has 2 heteroatoms. The zero-order valence-corrected chi connectivity index (χ0v) is 9.44. The van der Waals surface area contributed by atoms with Gasteiger partial charge in [-0.05, 0) is 19.3 Å². The summed E-state index contributed by atoms with van der Waals surface area (Å²) in [5.74, 6) is 1.01. The largest absolute Gasteiger partial charge is 0.372 e. The summed E-state index contributed by atoms with van der Waals surface area (Å²) in [5, 5.41) is 6.78. The quantitative estimate of drug-likeness (QED) is 0.661. The molecule has 2 N–H and O–H groups in total. The molecule has 2 nitrogen and oxygen atoms in total. The van der Waals surface area contributed by atoms with Crippen LogP contribution in [0.4, 0.5) is 0 Å². The Morgan fingerprint density at radius 3 is 2.43 bits per heavy atom. The summed E-state index contributed by atoms with van der Waals surface area (Å²) in [5.41, 5.74) is 0. The van der Waals surface area contributed by atoms with E-state index in [-0.39, 0.29) is 0 Å². The molecule has 0 bridgehead atoms. The van der Waals surface area contributed by atoms with E-state index in [2.05, 4.69) is 24.1 Å². The van der Waals surface area contributed by atoms with Crippen molar-refractivity contribution in [3.8, 4) is 0 Å². The summed E-state index contributed by atoms with van der Waals surface area (Å²) >= 11 is 0. The lowest BCUT2D eigenvalue weighted by Gasteiger charge is -2.20. The normalized spacial score (nSPS) is 18.6. The first-order chi connectivity index (χ1) is 6.83. The first-order valence-corrected chi connectivity index (χ1v) is 6.02. The Kier molecular flexibility index (Phi) is 5.50. The molecule has 0 atom stereocenters. The van der Waals surface area contributed by atoms with E-state index in [1.165, 1.54) is 38.5 Å². The molecule has 0 aromatic heterocycles. The predicted molar refractivity (Wildman–Crippen MR) is 62.1 cm³/mol. The zero-order valence-electron chi connectivity index (χ0n) is 9.44. The first-order valence-electron chi connectivity index (χ1n) is 6.02. The first kappa shape index (κ1) is 11.4. The summed E-state index contributed by atoms with van der Waals surface area (Å²) < 4.78 is 0. The third-order valence-electron chi connectivity index (χ3n) is 2.82. The number of rotatable bonds is 5. The van der Waals surface area contributed by atoms with Gasteiger partial charge in [0.05, 0.1) is 5.82 Å². The molecular formula is C12H24N2. The van der Waals surface area contributed by atoms with Crippen LogP contribution in [-0.2, 0) is 0 Å². The van der Waals surface area contributed by atoms with E-state index in [1.807, 2.05) is 0 Å². The van der Waals surface area contributed by atoms with Crippen LogP contribution < -0.4 is 10.6 Å². The molecule has 1 rings (SSSR count). The van der Waals surface area contributed by atoms with Crippen LogP contribution in [0.3, 0.4) is 0 Å². The highest BCUT2D eigenvalue weighted by molar-refractivity contribution is 4.91. The van der Waals surface area contributed by atoms with E-state index >= 15 is 0 Å². The smallest absolute Gasteiger partial charge is 0.0914 e. The van der Waals surface area contributed by atoms with E-state index < -0.39 is 0 Å². The molecule has 0 spiro atoms. The van der Waals surface area contributed by atoms with Crippen molar-refractivity contribution >= 4 is 0 Å². The fourth-order valence-corrected chi connectivity index (χ4v) is 2.00. The summed E-state index contributed by atoms with van der Waals surface area (Å²) in [4.78, 5) is 0. The van der Waals surface area contributed by atoms with E-state index in [9.17, 15) is 0 Å². The lowest BCUT2D eigenvalue weighted by Crippen LogP contribution is -2.34. The molecule has 0 radical (unpaired) electrons. The molecule has 1 aliphatic carbocycles. The second kappa shape index (κ2) is 6.74. The van der Waals surface area contributed by atoms with Crippen molar-refractivity contribution in [1.29, 1.82) is 0 Å². The van der Waals surface area contributed by atoms with E-state index in [0.29, 0.717) is 6.04 Å². The third-order valence-corrected chi connectivity index (χ3v) is 2.82. The Hall–Kier alpha value is -0.660. The Morgan fingerprint density at radius 1 is 1.21 bits per heavy atom. The summed E-state index contributed by atoms with van der Waals surface area (Å²) in [6.45, 7) is 7.19. The van der Waals surface area contributed by atoms with Gasteiger partial charge in [-0.25, -0.2) is 0 Å². The number of hydrogen-bond acceptors (Lipinski definition) is 2. The van der Waals surface area contributed by atoms with Gasteiger partial charge in [0, 0.05) is 12.6 Å². The van der Waals surface area contributed by atoms with Crippen molar-refractivity contribution in [2.24, 2.45) is 0 Å². The van der Waals surface area contributed by atoms with E-state index in [0.717, 1.165) is 18.8 Å². The molecule has 1 fully saturated rings. The van der Waals surface area contributed by atoms with Gasteiger partial charge in [0.2, 0.25) is 0 Å². The monoisotopic (exact) mass is 196 g/mol. The van der Waals surface area contributed by atoms with E-state index in [4.69, 9.17) is 0 Å². The molecule has 14 heavy (non-hydrogen) atoms. The maximum Gasteiger partial charge on any atom is 0.0914 e. The van der Waals surface area contributed by atoms with Crippen molar-refractivity contribution in [3.63, 3.8) is 0 Å². The highest BCUT2D eigenvalue weighted by Gasteiger charge is 2.11. The van der Waals surface area contributed by atoms with Crippen LogP contribution >= 0.6 is 0 Å². The average molecular weight is 196 g/mol. The second-order valence-electron chi connectivity index (χ2n) is 4.24. The molecule has 1 saturated carbocycles. The molecule has 0 saturated heterocycles. The summed E-state index contributed by atoms with van der Waals surface area (Å²) in [7, 11) is 0. The maximum absolute atomic E-state index is 3.99. The summed E-state index contributed by atoms with van der Waals surface area (Å²) in [6, 6.07) is 0.661. The molecule has 0 aromatic carbocycles. The minimum Gasteiger partial charge on any atom is -0.372 e. The van der Waals surface area contributed by atoms with Crippen LogP contribution in [0.2, 0.25) is 0 Å². The minimum absolute atomic E-state index is 0.661. The molecular weight excluding hydrogens is 172 g/mol. The summed E-state index contributed by atoms with van der Waals surface area (Å²) in [6.07, 6.45) is 9.35. The number of nitrogens with one attached hydrogen (secondary N) is 2. The Morgan fingerprint density at radius 2 is 1.86 bits per heavy atom. The highest BCUT2D eigenvalue weighted by atomic mass is 15.1. The standard InChI is InChI=1S/C12H24N2/c1-3-10-13-11(2)14-12-8-6-4-5-7-9-12/h12-14H,2-10H2,1H3. The lowest BCUT2D eigenvalue weighted by molar-refractivity contribution is 0.483. The molecule has 0 heterocycles. The van der Waals surface area contributed by atoms with Crippen LogP contribution in [0.25, 0.3) is 0 Å². The van der Waals surface area contributed by atoms with Gasteiger partial charge in [-0.2, -0.15) is 0 Å². The van der Waals surface area contributed by atoms with Crippen LogP contribution in [0.15, 0.2) is 12.4 Å². The molecule has 0 aromatic rings. The highest BCUT2D eigenvalue weighted by Crippen LogP contribution is 2.17. The van der Waals surface area contributed by atoms with Crippen LogP contribution in [0, 0.1) is 0 Å². The lowest BCUT2D eigenvalue weighted by atomic mass is 10.1. The van der Waals surface area contributed by atoms with Gasteiger partial charge < -0.3 is 10.6 Å². The molecule has 0 amide bonds. The van der Waals surface area contributed by atoms with Crippen LogP contribution in [0.5, 0.6) is 0 Å². The van der Waals surface area contributed by atoms with Crippen molar-refractivity contribution in [1.82, 2.24) is 10.6 Å². The Bertz CT molecular complexity index is 158. The van der Waals surface area contributed by atoms with Gasteiger partial charge in [-0.15, -0.1) is 0 Å².